The van der Waals surface area contributed by atoms with Crippen molar-refractivity contribution in [2.75, 3.05) is 18.0 Å². The van der Waals surface area contributed by atoms with E-state index in [-0.39, 0.29) is 30.6 Å². The number of halogens is 1. The number of hydrogen-bond donors (Lipinski definition) is 1. The average Bonchev–Trinajstić information content (AvgIpc) is 3.53. The van der Waals surface area contributed by atoms with E-state index in [1.54, 1.807) is 10.8 Å². The highest BCUT2D eigenvalue weighted by Gasteiger charge is 2.28. The lowest BCUT2D eigenvalue weighted by atomic mass is 10.1. The molecule has 0 spiro atoms. The highest BCUT2D eigenvalue weighted by molar-refractivity contribution is 5.89. The largest absolute Gasteiger partial charge is 0.355 e. The summed E-state index contributed by atoms with van der Waals surface area (Å²) in [7, 11) is 0. The zero-order valence-corrected chi connectivity index (χ0v) is 22.9. The van der Waals surface area contributed by atoms with Gasteiger partial charge < -0.3 is 19.8 Å². The second-order valence-electron chi connectivity index (χ2n) is 10.1. The normalized spacial score (nSPS) is 15.1. The van der Waals surface area contributed by atoms with Crippen molar-refractivity contribution >= 4 is 29.3 Å². The third-order valence-electron chi connectivity index (χ3n) is 7.36. The van der Waals surface area contributed by atoms with Crippen LogP contribution < -0.4 is 16.2 Å². The highest BCUT2D eigenvalue weighted by atomic mass is 35.5. The van der Waals surface area contributed by atoms with Crippen molar-refractivity contribution in [1.29, 1.82) is 5.26 Å². The van der Waals surface area contributed by atoms with Crippen molar-refractivity contribution in [3.63, 3.8) is 0 Å². The van der Waals surface area contributed by atoms with E-state index in [0.717, 1.165) is 42.2 Å². The number of hydrogen-bond acceptors (Lipinski definition) is 6. The van der Waals surface area contributed by atoms with E-state index >= 15 is 0 Å². The molecular formula is C30H31ClN8O. The van der Waals surface area contributed by atoms with Gasteiger partial charge in [-0.1, -0.05) is 60.7 Å². The number of nitrogens with zero attached hydrogens (tertiary/aromatic N) is 7. The molecule has 10 heteroatoms. The van der Waals surface area contributed by atoms with Gasteiger partial charge in [0.15, 0.2) is 0 Å². The Morgan fingerprint density at radius 2 is 1.65 bits per heavy atom. The average molecular weight is 555 g/mol. The molecule has 6 rings (SSSR count). The molecule has 0 radical (unpaired) electrons. The lowest BCUT2D eigenvalue weighted by Crippen LogP contribution is -2.44. The molecule has 2 N–H and O–H groups in total. The second-order valence-corrected chi connectivity index (χ2v) is 10.1. The first-order chi connectivity index (χ1) is 19.1. The van der Waals surface area contributed by atoms with Crippen molar-refractivity contribution in [3.05, 3.63) is 112 Å². The third kappa shape index (κ3) is 5.24. The smallest absolute Gasteiger partial charge is 0.278 e. The number of imidazole rings is 1. The van der Waals surface area contributed by atoms with Gasteiger partial charge in [0.25, 0.3) is 5.56 Å². The molecule has 9 nitrogen and oxygen atoms in total. The molecule has 2 aromatic carbocycles. The van der Waals surface area contributed by atoms with Crippen LogP contribution in [0.3, 0.4) is 0 Å². The molecule has 5 aromatic rings. The van der Waals surface area contributed by atoms with Gasteiger partial charge in [-0.2, -0.15) is 5.26 Å². The summed E-state index contributed by atoms with van der Waals surface area (Å²) in [6.45, 7) is 2.78. The van der Waals surface area contributed by atoms with E-state index < -0.39 is 0 Å². The van der Waals surface area contributed by atoms with Gasteiger partial charge in [-0.15, -0.1) is 12.4 Å². The molecular weight excluding hydrogens is 524 g/mol. The maximum Gasteiger partial charge on any atom is 0.278 e. The van der Waals surface area contributed by atoms with Gasteiger partial charge in [0, 0.05) is 44.6 Å². The van der Waals surface area contributed by atoms with Crippen LogP contribution in [0.15, 0.2) is 84.2 Å². The summed E-state index contributed by atoms with van der Waals surface area (Å²) in [4.78, 5) is 25.4. The summed E-state index contributed by atoms with van der Waals surface area (Å²) < 4.78 is 5.58. The molecule has 40 heavy (non-hydrogen) atoms. The molecule has 1 aliphatic rings. The molecule has 0 bridgehead atoms. The number of benzene rings is 2. The van der Waals surface area contributed by atoms with E-state index in [1.165, 1.54) is 6.33 Å². The zero-order valence-electron chi connectivity index (χ0n) is 22.1. The summed E-state index contributed by atoms with van der Waals surface area (Å²) in [5.41, 5.74) is 9.59. The molecule has 1 fully saturated rings. The van der Waals surface area contributed by atoms with E-state index in [4.69, 9.17) is 5.73 Å². The molecule has 1 saturated heterocycles. The number of nitrogens with two attached hydrogens (primary N) is 1. The van der Waals surface area contributed by atoms with Crippen molar-refractivity contribution < 1.29 is 0 Å². The zero-order chi connectivity index (χ0) is 26.8. The van der Waals surface area contributed by atoms with Crippen LogP contribution in [0.5, 0.6) is 0 Å². The first-order valence-electron chi connectivity index (χ1n) is 13.2. The molecule has 204 valence electrons. The fraction of sp³-hybridized carbons (Fsp3) is 0.267. The van der Waals surface area contributed by atoms with Crippen LogP contribution in [-0.2, 0) is 19.6 Å². The first-order valence-corrected chi connectivity index (χ1v) is 13.2. The molecule has 3 aromatic heterocycles. The minimum absolute atomic E-state index is 0. The van der Waals surface area contributed by atoms with E-state index in [2.05, 4.69) is 33.1 Å². The molecule has 0 saturated carbocycles. The van der Waals surface area contributed by atoms with Crippen LogP contribution in [-0.4, -0.2) is 42.8 Å². The summed E-state index contributed by atoms with van der Waals surface area (Å²) in [5, 5.41) is 10.3. The lowest BCUT2D eigenvalue weighted by molar-refractivity contribution is 0.498. The Hall–Kier alpha value is -4.39. The summed E-state index contributed by atoms with van der Waals surface area (Å²) in [5.74, 6) is 1.48. The molecule has 1 aliphatic heterocycles. The van der Waals surface area contributed by atoms with Gasteiger partial charge >= 0.3 is 0 Å². The van der Waals surface area contributed by atoms with Gasteiger partial charge in [0.05, 0.1) is 12.9 Å². The first kappa shape index (κ1) is 27.2. The standard InChI is InChI=1S/C30H30N8O.ClH/c31-16-25-27-28(38(18-23-10-5-2-6-11-23)29(25)36-14-7-12-24(32)19-36)30(39)37(21-34-27)20-26-33-13-15-35(26)17-22-8-3-1-4-9-22;/h1-6,8-11,13,15,21,24H,7,12,14,17-20,32H2;1H/t24-;/m0./s1. The summed E-state index contributed by atoms with van der Waals surface area (Å²) >= 11 is 0. The molecule has 0 aliphatic carbocycles. The summed E-state index contributed by atoms with van der Waals surface area (Å²) in [6.07, 6.45) is 7.08. The Bertz CT molecular complexity index is 1700. The Labute approximate surface area is 238 Å². The third-order valence-corrected chi connectivity index (χ3v) is 7.36. The van der Waals surface area contributed by atoms with Crippen LogP contribution in [0, 0.1) is 11.3 Å². The Kier molecular flexibility index (Phi) is 8.01. The van der Waals surface area contributed by atoms with Crippen molar-refractivity contribution in [3.8, 4) is 6.07 Å². The van der Waals surface area contributed by atoms with Gasteiger partial charge in [0.2, 0.25) is 0 Å². The van der Waals surface area contributed by atoms with E-state index in [0.29, 0.717) is 36.2 Å². The molecule has 1 atom stereocenters. The SMILES string of the molecule is Cl.N#Cc1c(N2CCC[C@H](N)C2)n(Cc2ccccc2)c2c(=O)n(Cc3nccn3Cc3ccccc3)cnc12. The van der Waals surface area contributed by atoms with E-state index in [1.807, 2.05) is 63.9 Å². The van der Waals surface area contributed by atoms with Crippen LogP contribution in [0.2, 0.25) is 0 Å². The van der Waals surface area contributed by atoms with Crippen molar-refractivity contribution in [2.24, 2.45) is 5.73 Å². The maximum absolute atomic E-state index is 14.1. The molecule has 0 amide bonds. The minimum Gasteiger partial charge on any atom is -0.355 e. The second kappa shape index (κ2) is 11.8. The monoisotopic (exact) mass is 554 g/mol. The van der Waals surface area contributed by atoms with Gasteiger partial charge in [-0.3, -0.25) is 9.36 Å². The van der Waals surface area contributed by atoms with Crippen LogP contribution >= 0.6 is 12.4 Å². The predicted octanol–water partition coefficient (Wildman–Crippen LogP) is 3.76. The van der Waals surface area contributed by atoms with Crippen molar-refractivity contribution in [2.45, 2.75) is 38.5 Å². The number of nitriles is 1. The number of piperidine rings is 1. The van der Waals surface area contributed by atoms with E-state index in [9.17, 15) is 10.1 Å². The Morgan fingerprint density at radius 3 is 2.33 bits per heavy atom. The van der Waals surface area contributed by atoms with Gasteiger partial charge in [-0.05, 0) is 24.0 Å². The lowest BCUT2D eigenvalue weighted by Gasteiger charge is -2.33. The van der Waals surface area contributed by atoms with Crippen molar-refractivity contribution in [1.82, 2.24) is 23.7 Å². The van der Waals surface area contributed by atoms with Gasteiger partial charge in [0.1, 0.15) is 34.3 Å². The summed E-state index contributed by atoms with van der Waals surface area (Å²) in [6, 6.07) is 22.5. The quantitative estimate of drug-likeness (QED) is 0.328. The topological polar surface area (TPSA) is 111 Å². The Balaban J connectivity index is 0.00000323. The number of aromatic nitrogens is 5. The van der Waals surface area contributed by atoms with Crippen LogP contribution in [0.1, 0.15) is 35.4 Å². The predicted molar refractivity (Wildman–Crippen MR) is 158 cm³/mol. The number of anilines is 1. The maximum atomic E-state index is 14.1. The minimum atomic E-state index is -0.200. The molecule has 4 heterocycles. The number of rotatable bonds is 7. The highest BCUT2D eigenvalue weighted by Crippen LogP contribution is 2.32. The van der Waals surface area contributed by atoms with Crippen LogP contribution in [0.25, 0.3) is 11.0 Å². The fourth-order valence-electron chi connectivity index (χ4n) is 5.49. The molecule has 0 unspecified atom stereocenters. The van der Waals surface area contributed by atoms with Crippen LogP contribution in [0.4, 0.5) is 5.82 Å². The Morgan fingerprint density at radius 1 is 0.950 bits per heavy atom. The number of fused-ring (bicyclic) bond motifs is 1. The fourth-order valence-corrected chi connectivity index (χ4v) is 5.49. The van der Waals surface area contributed by atoms with Gasteiger partial charge in [-0.25, -0.2) is 9.97 Å².